The summed E-state index contributed by atoms with van der Waals surface area (Å²) in [6.07, 6.45) is 4.82. The summed E-state index contributed by atoms with van der Waals surface area (Å²) in [6, 6.07) is 5.00. The number of nitrogens with zero attached hydrogens (tertiary/aromatic N) is 3. The SMILES string of the molecule is Cc1ccc(C(=O)NCCCN2CCN(C)CC2)cc1S(=O)(=O)N1CCCCCC1. The maximum atomic E-state index is 13.2. The number of hydrogen-bond donors (Lipinski definition) is 1. The molecule has 2 heterocycles. The Morgan fingerprint density at radius 1 is 1.00 bits per heavy atom. The molecule has 2 aliphatic heterocycles. The van der Waals surface area contributed by atoms with Crippen molar-refractivity contribution in [2.75, 3.05) is 59.4 Å². The first-order valence-corrected chi connectivity index (χ1v) is 12.6. The molecule has 7 nitrogen and oxygen atoms in total. The number of carbonyl (C=O) groups is 1. The zero-order valence-corrected chi connectivity index (χ0v) is 19.2. The fourth-order valence-corrected chi connectivity index (χ4v) is 5.89. The van der Waals surface area contributed by atoms with E-state index in [9.17, 15) is 13.2 Å². The van der Waals surface area contributed by atoms with E-state index in [2.05, 4.69) is 22.2 Å². The highest BCUT2D eigenvalue weighted by atomic mass is 32.2. The Balaban J connectivity index is 1.57. The van der Waals surface area contributed by atoms with Crippen LogP contribution in [0.1, 0.15) is 48.0 Å². The Labute approximate surface area is 181 Å². The Morgan fingerprint density at radius 3 is 2.33 bits per heavy atom. The van der Waals surface area contributed by atoms with Gasteiger partial charge in [-0.25, -0.2) is 8.42 Å². The molecule has 2 aliphatic rings. The number of likely N-dealkylation sites (N-methyl/N-ethyl adjacent to an activating group) is 1. The van der Waals surface area contributed by atoms with Gasteiger partial charge in [0, 0.05) is 51.4 Å². The molecule has 0 atom stereocenters. The summed E-state index contributed by atoms with van der Waals surface area (Å²) < 4.78 is 27.9. The quantitative estimate of drug-likeness (QED) is 0.661. The number of hydrogen-bond acceptors (Lipinski definition) is 5. The van der Waals surface area contributed by atoms with E-state index in [-0.39, 0.29) is 10.8 Å². The van der Waals surface area contributed by atoms with Gasteiger partial charge >= 0.3 is 0 Å². The van der Waals surface area contributed by atoms with Crippen molar-refractivity contribution in [1.29, 1.82) is 0 Å². The third-order valence-electron chi connectivity index (χ3n) is 6.17. The molecule has 2 fully saturated rings. The number of sulfonamides is 1. The Kier molecular flexibility index (Phi) is 8.27. The highest BCUT2D eigenvalue weighted by Gasteiger charge is 2.27. The zero-order valence-electron chi connectivity index (χ0n) is 18.4. The van der Waals surface area contributed by atoms with Crippen LogP contribution in [0.4, 0.5) is 0 Å². The molecule has 0 saturated carbocycles. The first kappa shape index (κ1) is 23.2. The van der Waals surface area contributed by atoms with Gasteiger partial charge in [-0.2, -0.15) is 4.31 Å². The number of piperazine rings is 1. The normalized spacial score (nSPS) is 20.1. The lowest BCUT2D eigenvalue weighted by Gasteiger charge is -2.32. The highest BCUT2D eigenvalue weighted by molar-refractivity contribution is 7.89. The molecule has 0 unspecified atom stereocenters. The van der Waals surface area contributed by atoms with Gasteiger partial charge in [0.05, 0.1) is 4.90 Å². The van der Waals surface area contributed by atoms with Crippen LogP contribution >= 0.6 is 0 Å². The van der Waals surface area contributed by atoms with E-state index in [1.807, 2.05) is 0 Å². The summed E-state index contributed by atoms with van der Waals surface area (Å²) in [5.41, 5.74) is 1.10. The van der Waals surface area contributed by atoms with Gasteiger partial charge in [0.15, 0.2) is 0 Å². The van der Waals surface area contributed by atoms with Gasteiger partial charge in [-0.05, 0) is 57.5 Å². The van der Waals surface area contributed by atoms with Crippen molar-refractivity contribution in [2.45, 2.75) is 43.9 Å². The summed E-state index contributed by atoms with van der Waals surface area (Å²) in [5, 5.41) is 2.95. The molecule has 1 aromatic carbocycles. The Hall–Kier alpha value is -1.48. The predicted molar refractivity (Wildman–Crippen MR) is 119 cm³/mol. The smallest absolute Gasteiger partial charge is 0.251 e. The van der Waals surface area contributed by atoms with Crippen LogP contribution in [0.25, 0.3) is 0 Å². The van der Waals surface area contributed by atoms with Gasteiger partial charge in [0.2, 0.25) is 10.0 Å². The summed E-state index contributed by atoms with van der Waals surface area (Å²) >= 11 is 0. The van der Waals surface area contributed by atoms with Crippen LogP contribution in [0.2, 0.25) is 0 Å². The standard InChI is InChI=1S/C22H36N4O3S/c1-19-8-9-20(18-21(19)30(28,29)26-12-5-3-4-6-13-26)22(27)23-10-7-11-25-16-14-24(2)15-17-25/h8-9,18H,3-7,10-17H2,1-2H3,(H,23,27). The van der Waals surface area contributed by atoms with Crippen LogP contribution in [0.3, 0.4) is 0 Å². The van der Waals surface area contributed by atoms with E-state index in [0.29, 0.717) is 30.8 Å². The molecule has 168 valence electrons. The van der Waals surface area contributed by atoms with Crippen molar-refractivity contribution in [3.8, 4) is 0 Å². The fraction of sp³-hybridized carbons (Fsp3) is 0.682. The number of benzene rings is 1. The molecule has 30 heavy (non-hydrogen) atoms. The van der Waals surface area contributed by atoms with Gasteiger partial charge in [-0.15, -0.1) is 0 Å². The molecule has 0 bridgehead atoms. The van der Waals surface area contributed by atoms with Crippen molar-refractivity contribution >= 4 is 15.9 Å². The minimum absolute atomic E-state index is 0.208. The average molecular weight is 437 g/mol. The maximum absolute atomic E-state index is 13.2. The third-order valence-corrected chi connectivity index (χ3v) is 8.21. The van der Waals surface area contributed by atoms with Gasteiger partial charge < -0.3 is 15.1 Å². The second-order valence-corrected chi connectivity index (χ2v) is 10.5. The first-order chi connectivity index (χ1) is 14.4. The van der Waals surface area contributed by atoms with E-state index in [0.717, 1.165) is 64.8 Å². The van der Waals surface area contributed by atoms with Gasteiger partial charge in [0.25, 0.3) is 5.91 Å². The number of nitrogens with one attached hydrogen (secondary N) is 1. The van der Waals surface area contributed by atoms with Crippen LogP contribution < -0.4 is 5.32 Å². The molecule has 3 rings (SSSR count). The number of rotatable bonds is 7. The van der Waals surface area contributed by atoms with Crippen molar-refractivity contribution in [3.63, 3.8) is 0 Å². The van der Waals surface area contributed by atoms with Crippen molar-refractivity contribution in [3.05, 3.63) is 29.3 Å². The van der Waals surface area contributed by atoms with Crippen LogP contribution in [0.15, 0.2) is 23.1 Å². The van der Waals surface area contributed by atoms with Gasteiger partial charge in [0.1, 0.15) is 0 Å². The second-order valence-electron chi connectivity index (χ2n) is 8.55. The summed E-state index contributed by atoms with van der Waals surface area (Å²) in [5.74, 6) is -0.208. The molecule has 1 amide bonds. The number of carbonyl (C=O) groups excluding carboxylic acids is 1. The van der Waals surface area contributed by atoms with E-state index < -0.39 is 10.0 Å². The second kappa shape index (κ2) is 10.7. The van der Waals surface area contributed by atoms with Crippen molar-refractivity contribution < 1.29 is 13.2 Å². The molecule has 2 saturated heterocycles. The van der Waals surface area contributed by atoms with E-state index in [4.69, 9.17) is 0 Å². The summed E-state index contributed by atoms with van der Waals surface area (Å²) in [6.45, 7) is 8.79. The minimum Gasteiger partial charge on any atom is -0.352 e. The third kappa shape index (κ3) is 6.03. The van der Waals surface area contributed by atoms with Gasteiger partial charge in [-0.3, -0.25) is 4.79 Å². The summed E-state index contributed by atoms with van der Waals surface area (Å²) in [4.78, 5) is 17.6. The molecule has 1 N–H and O–H groups in total. The highest BCUT2D eigenvalue weighted by Crippen LogP contribution is 2.24. The minimum atomic E-state index is -3.57. The van der Waals surface area contributed by atoms with E-state index in [1.165, 1.54) is 0 Å². The molecular formula is C22H36N4O3S. The molecule has 0 aromatic heterocycles. The van der Waals surface area contributed by atoms with Crippen LogP contribution in [-0.4, -0.2) is 87.8 Å². The molecule has 1 aromatic rings. The Morgan fingerprint density at radius 2 is 1.67 bits per heavy atom. The first-order valence-electron chi connectivity index (χ1n) is 11.2. The molecule has 0 radical (unpaired) electrons. The van der Waals surface area contributed by atoms with E-state index in [1.54, 1.807) is 29.4 Å². The fourth-order valence-electron chi connectivity index (χ4n) is 4.12. The monoisotopic (exact) mass is 436 g/mol. The van der Waals surface area contributed by atoms with Crippen LogP contribution in [0, 0.1) is 6.92 Å². The lowest BCUT2D eigenvalue weighted by Crippen LogP contribution is -2.45. The number of aryl methyl sites for hydroxylation is 1. The lowest BCUT2D eigenvalue weighted by atomic mass is 10.1. The largest absolute Gasteiger partial charge is 0.352 e. The van der Waals surface area contributed by atoms with Gasteiger partial charge in [-0.1, -0.05) is 18.9 Å². The lowest BCUT2D eigenvalue weighted by molar-refractivity contribution is 0.0949. The molecule has 8 heteroatoms. The number of amides is 1. The molecule has 0 aliphatic carbocycles. The molecule has 0 spiro atoms. The predicted octanol–water partition coefficient (Wildman–Crippen LogP) is 1.93. The average Bonchev–Trinajstić information content (AvgIpc) is 3.03. The van der Waals surface area contributed by atoms with E-state index >= 15 is 0 Å². The topological polar surface area (TPSA) is 73.0 Å². The van der Waals surface area contributed by atoms with Crippen molar-refractivity contribution in [2.24, 2.45) is 0 Å². The Bertz CT molecular complexity index is 812. The van der Waals surface area contributed by atoms with Crippen LogP contribution in [0.5, 0.6) is 0 Å². The maximum Gasteiger partial charge on any atom is 0.251 e. The van der Waals surface area contributed by atoms with Crippen molar-refractivity contribution in [1.82, 2.24) is 19.4 Å². The zero-order chi connectivity index (χ0) is 21.6. The molecular weight excluding hydrogens is 400 g/mol. The summed E-state index contributed by atoms with van der Waals surface area (Å²) in [7, 11) is -1.43. The van der Waals surface area contributed by atoms with Crippen LogP contribution in [-0.2, 0) is 10.0 Å².